The predicted molar refractivity (Wildman–Crippen MR) is 55.9 cm³/mol. The van der Waals surface area contributed by atoms with Crippen LogP contribution in [0.2, 0.25) is 0 Å². The third-order valence-electron chi connectivity index (χ3n) is 2.45. The fraction of sp³-hybridized carbons (Fsp3) is 0.500. The summed E-state index contributed by atoms with van der Waals surface area (Å²) in [7, 11) is 1.69. The summed E-state index contributed by atoms with van der Waals surface area (Å²) in [5, 5.41) is 0. The van der Waals surface area contributed by atoms with Crippen molar-refractivity contribution < 1.29 is 9.13 Å². The molecule has 0 fully saturated rings. The van der Waals surface area contributed by atoms with Crippen molar-refractivity contribution >= 4 is 0 Å². The lowest BCUT2D eigenvalue weighted by Gasteiger charge is -2.20. The Hall–Kier alpha value is -0.890. The molecule has 14 heavy (non-hydrogen) atoms. The number of hydrogen-bond acceptors (Lipinski definition) is 1. The molecule has 2 heteroatoms. The molecule has 0 aliphatic heterocycles. The summed E-state index contributed by atoms with van der Waals surface area (Å²) in [6.45, 7) is 4.98. The second-order valence-electron chi connectivity index (χ2n) is 3.86. The molecule has 0 radical (unpaired) electrons. The maximum Gasteiger partial charge on any atom is 0.123 e. The molecular weight excluding hydrogens is 179 g/mol. The van der Waals surface area contributed by atoms with Crippen LogP contribution in [0.1, 0.15) is 25.3 Å². The molecule has 0 aromatic heterocycles. The van der Waals surface area contributed by atoms with Gasteiger partial charge in [-0.1, -0.05) is 26.0 Å². The van der Waals surface area contributed by atoms with E-state index in [-0.39, 0.29) is 5.82 Å². The van der Waals surface area contributed by atoms with E-state index < -0.39 is 0 Å². The van der Waals surface area contributed by atoms with Gasteiger partial charge < -0.3 is 4.74 Å². The molecular formula is C12H17FO. The molecule has 0 aliphatic rings. The highest BCUT2D eigenvalue weighted by Gasteiger charge is 2.15. The van der Waals surface area contributed by atoms with Gasteiger partial charge in [-0.3, -0.25) is 0 Å². The molecule has 1 aromatic rings. The summed E-state index contributed by atoms with van der Waals surface area (Å²) < 4.78 is 17.9. The Morgan fingerprint density at radius 2 is 1.79 bits per heavy atom. The van der Waals surface area contributed by atoms with E-state index in [1.54, 1.807) is 7.11 Å². The maximum absolute atomic E-state index is 12.7. The van der Waals surface area contributed by atoms with E-state index in [0.29, 0.717) is 18.4 Å². The highest BCUT2D eigenvalue weighted by Crippen LogP contribution is 2.24. The van der Waals surface area contributed by atoms with Crippen molar-refractivity contribution in [2.24, 2.45) is 5.92 Å². The summed E-state index contributed by atoms with van der Waals surface area (Å²) >= 11 is 0. The van der Waals surface area contributed by atoms with Crippen LogP contribution >= 0.6 is 0 Å². The molecule has 1 aromatic carbocycles. The second kappa shape index (κ2) is 5.11. The van der Waals surface area contributed by atoms with Crippen LogP contribution in [0, 0.1) is 11.7 Å². The van der Waals surface area contributed by atoms with Crippen molar-refractivity contribution in [1.82, 2.24) is 0 Å². The van der Waals surface area contributed by atoms with Crippen LogP contribution in [0.25, 0.3) is 0 Å². The lowest BCUT2D eigenvalue weighted by atomic mass is 9.89. The Kier molecular flexibility index (Phi) is 4.08. The van der Waals surface area contributed by atoms with Crippen molar-refractivity contribution in [1.29, 1.82) is 0 Å². The van der Waals surface area contributed by atoms with Crippen molar-refractivity contribution in [2.75, 3.05) is 13.7 Å². The van der Waals surface area contributed by atoms with Crippen molar-refractivity contribution in [3.05, 3.63) is 35.6 Å². The molecule has 0 saturated heterocycles. The zero-order valence-electron chi connectivity index (χ0n) is 8.96. The molecule has 0 N–H and O–H groups in total. The lowest BCUT2D eigenvalue weighted by molar-refractivity contribution is 0.162. The van der Waals surface area contributed by atoms with Crippen LogP contribution in [-0.4, -0.2) is 13.7 Å². The zero-order chi connectivity index (χ0) is 10.6. The summed E-state index contributed by atoms with van der Waals surface area (Å²) in [4.78, 5) is 0. The van der Waals surface area contributed by atoms with Gasteiger partial charge in [0.2, 0.25) is 0 Å². The quantitative estimate of drug-likeness (QED) is 0.718. The normalized spacial score (nSPS) is 13.2. The minimum absolute atomic E-state index is 0.186. The molecule has 1 atom stereocenters. The summed E-state index contributed by atoms with van der Waals surface area (Å²) in [6, 6.07) is 6.67. The third kappa shape index (κ3) is 2.81. The Balaban J connectivity index is 2.82. The highest BCUT2D eigenvalue weighted by molar-refractivity contribution is 5.21. The number of methoxy groups -OCH3 is 1. The zero-order valence-corrected chi connectivity index (χ0v) is 8.96. The summed E-state index contributed by atoms with van der Waals surface area (Å²) in [5.41, 5.74) is 1.14. The molecule has 78 valence electrons. The van der Waals surface area contributed by atoms with E-state index in [1.165, 1.54) is 12.1 Å². The number of rotatable bonds is 4. The van der Waals surface area contributed by atoms with Crippen LogP contribution < -0.4 is 0 Å². The average molecular weight is 196 g/mol. The largest absolute Gasteiger partial charge is 0.384 e. The van der Waals surface area contributed by atoms with E-state index >= 15 is 0 Å². The van der Waals surface area contributed by atoms with Gasteiger partial charge in [0.1, 0.15) is 5.82 Å². The smallest absolute Gasteiger partial charge is 0.123 e. The van der Waals surface area contributed by atoms with Gasteiger partial charge in [-0.25, -0.2) is 4.39 Å². The maximum atomic E-state index is 12.7. The Morgan fingerprint density at radius 1 is 1.21 bits per heavy atom. The fourth-order valence-electron chi connectivity index (χ4n) is 1.56. The molecule has 1 rings (SSSR count). The lowest BCUT2D eigenvalue weighted by Crippen LogP contribution is -2.12. The Bertz CT molecular complexity index is 266. The Morgan fingerprint density at radius 3 is 2.21 bits per heavy atom. The number of hydrogen-bond donors (Lipinski definition) is 0. The first kappa shape index (κ1) is 11.2. The van der Waals surface area contributed by atoms with E-state index in [4.69, 9.17) is 4.74 Å². The first-order valence-corrected chi connectivity index (χ1v) is 4.89. The van der Waals surface area contributed by atoms with Crippen LogP contribution in [0.15, 0.2) is 24.3 Å². The molecule has 0 aliphatic carbocycles. The number of ether oxygens (including phenoxy) is 1. The van der Waals surface area contributed by atoms with E-state index in [9.17, 15) is 4.39 Å². The molecule has 0 amide bonds. The van der Waals surface area contributed by atoms with Gasteiger partial charge in [-0.15, -0.1) is 0 Å². The summed E-state index contributed by atoms with van der Waals surface area (Å²) in [5.74, 6) is 0.662. The van der Waals surface area contributed by atoms with Crippen molar-refractivity contribution in [2.45, 2.75) is 19.8 Å². The van der Waals surface area contributed by atoms with Crippen molar-refractivity contribution in [3.8, 4) is 0 Å². The second-order valence-corrected chi connectivity index (χ2v) is 3.86. The number of halogens is 1. The monoisotopic (exact) mass is 196 g/mol. The molecule has 0 unspecified atom stereocenters. The average Bonchev–Trinajstić information content (AvgIpc) is 2.15. The number of benzene rings is 1. The van der Waals surface area contributed by atoms with Gasteiger partial charge in [-0.2, -0.15) is 0 Å². The Labute approximate surface area is 84.9 Å². The van der Waals surface area contributed by atoms with Crippen LogP contribution in [-0.2, 0) is 4.74 Å². The topological polar surface area (TPSA) is 9.23 Å². The predicted octanol–water partition coefficient (Wildman–Crippen LogP) is 3.21. The molecule has 1 nitrogen and oxygen atoms in total. The first-order chi connectivity index (χ1) is 6.65. The van der Waals surface area contributed by atoms with Gasteiger partial charge in [-0.05, 0) is 23.6 Å². The van der Waals surface area contributed by atoms with Gasteiger partial charge in [0, 0.05) is 13.0 Å². The highest BCUT2D eigenvalue weighted by atomic mass is 19.1. The standard InChI is InChI=1S/C12H17FO/c1-9(2)12(8-14-3)10-4-6-11(13)7-5-10/h4-7,9,12H,8H2,1-3H3/t12-/m1/s1. The van der Waals surface area contributed by atoms with E-state index in [2.05, 4.69) is 13.8 Å². The van der Waals surface area contributed by atoms with Gasteiger partial charge in [0.05, 0.1) is 6.61 Å². The third-order valence-corrected chi connectivity index (χ3v) is 2.45. The molecule has 0 bridgehead atoms. The molecule has 0 spiro atoms. The van der Waals surface area contributed by atoms with Gasteiger partial charge >= 0.3 is 0 Å². The van der Waals surface area contributed by atoms with Crippen LogP contribution in [0.5, 0.6) is 0 Å². The molecule has 0 heterocycles. The SMILES string of the molecule is COC[C@@H](c1ccc(F)cc1)C(C)C. The summed E-state index contributed by atoms with van der Waals surface area (Å²) in [6.07, 6.45) is 0. The minimum atomic E-state index is -0.186. The van der Waals surface area contributed by atoms with Crippen molar-refractivity contribution in [3.63, 3.8) is 0 Å². The first-order valence-electron chi connectivity index (χ1n) is 4.89. The van der Waals surface area contributed by atoms with Crippen LogP contribution in [0.4, 0.5) is 4.39 Å². The minimum Gasteiger partial charge on any atom is -0.384 e. The van der Waals surface area contributed by atoms with Gasteiger partial charge in [0.15, 0.2) is 0 Å². The fourth-order valence-corrected chi connectivity index (χ4v) is 1.56. The van der Waals surface area contributed by atoms with Crippen LogP contribution in [0.3, 0.4) is 0 Å². The van der Waals surface area contributed by atoms with Gasteiger partial charge in [0.25, 0.3) is 0 Å². The van der Waals surface area contributed by atoms with E-state index in [0.717, 1.165) is 5.56 Å². The van der Waals surface area contributed by atoms with E-state index in [1.807, 2.05) is 12.1 Å². The molecule has 0 saturated carbocycles.